The number of amides is 1. The Kier molecular flexibility index (Phi) is 6.47. The van der Waals surface area contributed by atoms with E-state index in [1.54, 1.807) is 29.4 Å². The molecule has 6 nitrogen and oxygen atoms in total. The summed E-state index contributed by atoms with van der Waals surface area (Å²) in [7, 11) is -3.57. The predicted octanol–water partition coefficient (Wildman–Crippen LogP) is 2.87. The van der Waals surface area contributed by atoms with E-state index in [-0.39, 0.29) is 16.2 Å². The molecule has 1 atom stereocenters. The third-order valence-electron chi connectivity index (χ3n) is 4.85. The second kappa shape index (κ2) is 8.06. The van der Waals surface area contributed by atoms with Crippen molar-refractivity contribution >= 4 is 21.6 Å². The molecule has 0 aliphatic carbocycles. The number of anilines is 1. The fraction of sp³-hybridized carbons (Fsp3) is 0.632. The number of hydrogen-bond acceptors (Lipinski definition) is 4. The molecule has 0 aromatic heterocycles. The molecule has 1 heterocycles. The van der Waals surface area contributed by atoms with Gasteiger partial charge >= 0.3 is 0 Å². The van der Waals surface area contributed by atoms with Gasteiger partial charge in [0.2, 0.25) is 15.9 Å². The number of sulfonamides is 1. The first-order chi connectivity index (χ1) is 12.0. The van der Waals surface area contributed by atoms with Gasteiger partial charge in [-0.2, -0.15) is 4.31 Å². The number of aryl methyl sites for hydroxylation is 1. The topological polar surface area (TPSA) is 92.5 Å². The van der Waals surface area contributed by atoms with Crippen LogP contribution in [0.15, 0.2) is 23.1 Å². The van der Waals surface area contributed by atoms with Crippen LogP contribution in [-0.4, -0.2) is 37.8 Å². The van der Waals surface area contributed by atoms with Gasteiger partial charge in [-0.3, -0.25) is 4.79 Å². The molecule has 1 amide bonds. The lowest BCUT2D eigenvalue weighted by molar-refractivity contribution is -0.119. The molecule has 1 aliphatic rings. The Balaban J connectivity index is 2.28. The SMILES string of the molecule is Cc1ccc(NC(=O)[C@@H](N)C(C)(C)C)cc1S(=O)(=O)N1CCCCCC1. The summed E-state index contributed by atoms with van der Waals surface area (Å²) in [5.74, 6) is -0.320. The zero-order chi connectivity index (χ0) is 19.5. The van der Waals surface area contributed by atoms with E-state index < -0.39 is 16.1 Å². The van der Waals surface area contributed by atoms with Crippen molar-refractivity contribution in [3.05, 3.63) is 23.8 Å². The van der Waals surface area contributed by atoms with E-state index in [2.05, 4.69) is 5.32 Å². The fourth-order valence-electron chi connectivity index (χ4n) is 2.99. The van der Waals surface area contributed by atoms with Crippen molar-refractivity contribution in [1.82, 2.24) is 4.31 Å². The number of rotatable bonds is 4. The maximum absolute atomic E-state index is 13.1. The molecule has 0 bridgehead atoms. The van der Waals surface area contributed by atoms with E-state index in [4.69, 9.17) is 5.73 Å². The summed E-state index contributed by atoms with van der Waals surface area (Å²) >= 11 is 0. The highest BCUT2D eigenvalue weighted by Crippen LogP contribution is 2.26. The van der Waals surface area contributed by atoms with Crippen molar-refractivity contribution in [2.24, 2.45) is 11.1 Å². The first-order valence-electron chi connectivity index (χ1n) is 9.21. The number of nitrogens with one attached hydrogen (secondary N) is 1. The lowest BCUT2D eigenvalue weighted by Gasteiger charge is -2.26. The number of benzene rings is 1. The van der Waals surface area contributed by atoms with E-state index in [1.807, 2.05) is 20.8 Å². The normalized spacial score (nSPS) is 18.2. The third kappa shape index (κ3) is 4.84. The van der Waals surface area contributed by atoms with Gasteiger partial charge in [0, 0.05) is 18.8 Å². The minimum atomic E-state index is -3.57. The summed E-state index contributed by atoms with van der Waals surface area (Å²) in [4.78, 5) is 12.6. The predicted molar refractivity (Wildman–Crippen MR) is 104 cm³/mol. The van der Waals surface area contributed by atoms with Gasteiger partial charge in [-0.25, -0.2) is 8.42 Å². The molecular weight excluding hydrogens is 350 g/mol. The number of hydrogen-bond donors (Lipinski definition) is 2. The van der Waals surface area contributed by atoms with Crippen molar-refractivity contribution in [2.45, 2.75) is 64.3 Å². The molecule has 3 N–H and O–H groups in total. The van der Waals surface area contributed by atoms with E-state index in [0.29, 0.717) is 24.3 Å². The van der Waals surface area contributed by atoms with Gasteiger partial charge in [0.1, 0.15) is 0 Å². The van der Waals surface area contributed by atoms with E-state index >= 15 is 0 Å². The average Bonchev–Trinajstić information content (AvgIpc) is 2.84. The van der Waals surface area contributed by atoms with E-state index in [0.717, 1.165) is 25.7 Å². The first-order valence-corrected chi connectivity index (χ1v) is 10.6. The van der Waals surface area contributed by atoms with Crippen LogP contribution in [0.1, 0.15) is 52.0 Å². The minimum absolute atomic E-state index is 0.251. The van der Waals surface area contributed by atoms with Crippen LogP contribution >= 0.6 is 0 Å². The van der Waals surface area contributed by atoms with Crippen LogP contribution < -0.4 is 11.1 Å². The second-order valence-corrected chi connectivity index (χ2v) is 10.0. The summed E-state index contributed by atoms with van der Waals surface area (Å²) in [5.41, 5.74) is 6.74. The van der Waals surface area contributed by atoms with Crippen molar-refractivity contribution in [1.29, 1.82) is 0 Å². The molecule has 0 radical (unpaired) electrons. The average molecular weight is 382 g/mol. The summed E-state index contributed by atoms with van der Waals surface area (Å²) in [6.07, 6.45) is 3.89. The number of nitrogens with two attached hydrogens (primary N) is 1. The molecule has 1 aromatic carbocycles. The van der Waals surface area contributed by atoms with Crippen molar-refractivity contribution in [3.63, 3.8) is 0 Å². The summed E-state index contributed by atoms with van der Waals surface area (Å²) in [5, 5.41) is 2.76. The Morgan fingerprint density at radius 2 is 1.73 bits per heavy atom. The van der Waals surface area contributed by atoms with Crippen molar-refractivity contribution in [2.75, 3.05) is 18.4 Å². The monoisotopic (exact) mass is 381 g/mol. The zero-order valence-corrected chi connectivity index (χ0v) is 17.0. The van der Waals surface area contributed by atoms with Gasteiger partial charge in [0.25, 0.3) is 0 Å². The molecule has 0 unspecified atom stereocenters. The fourth-order valence-corrected chi connectivity index (χ4v) is 4.76. The maximum atomic E-state index is 13.1. The molecule has 1 aromatic rings. The van der Waals surface area contributed by atoms with Gasteiger partial charge in [0.05, 0.1) is 10.9 Å². The van der Waals surface area contributed by atoms with Crippen LogP contribution in [-0.2, 0) is 14.8 Å². The molecule has 0 spiro atoms. The quantitative estimate of drug-likeness (QED) is 0.839. The molecule has 2 rings (SSSR count). The van der Waals surface area contributed by atoms with Crippen molar-refractivity contribution in [3.8, 4) is 0 Å². The number of carbonyl (C=O) groups excluding carboxylic acids is 1. The van der Waals surface area contributed by atoms with Gasteiger partial charge < -0.3 is 11.1 Å². The van der Waals surface area contributed by atoms with Crippen LogP contribution in [0, 0.1) is 12.3 Å². The van der Waals surface area contributed by atoms with E-state index in [9.17, 15) is 13.2 Å². The molecule has 1 aliphatic heterocycles. The molecule has 0 saturated carbocycles. The van der Waals surface area contributed by atoms with Crippen LogP contribution in [0.2, 0.25) is 0 Å². The van der Waals surface area contributed by atoms with Gasteiger partial charge in [0.15, 0.2) is 0 Å². The largest absolute Gasteiger partial charge is 0.325 e. The third-order valence-corrected chi connectivity index (χ3v) is 6.89. The van der Waals surface area contributed by atoms with Crippen LogP contribution in [0.3, 0.4) is 0 Å². The smallest absolute Gasteiger partial charge is 0.243 e. The van der Waals surface area contributed by atoms with Gasteiger partial charge in [-0.1, -0.05) is 39.7 Å². The van der Waals surface area contributed by atoms with Gasteiger partial charge in [-0.05, 0) is 42.9 Å². The highest BCUT2D eigenvalue weighted by molar-refractivity contribution is 7.89. The minimum Gasteiger partial charge on any atom is -0.325 e. The molecule has 26 heavy (non-hydrogen) atoms. The Morgan fingerprint density at radius 1 is 1.15 bits per heavy atom. The Bertz CT molecular complexity index is 746. The van der Waals surface area contributed by atoms with Crippen LogP contribution in [0.5, 0.6) is 0 Å². The molecular formula is C19H31N3O3S. The highest BCUT2D eigenvalue weighted by atomic mass is 32.2. The summed E-state index contributed by atoms with van der Waals surface area (Å²) < 4.78 is 27.7. The molecule has 146 valence electrons. The molecule has 7 heteroatoms. The standard InChI is InChI=1S/C19H31N3O3S/c1-14-9-10-15(21-18(23)17(20)19(2,3)4)13-16(14)26(24,25)22-11-7-5-6-8-12-22/h9-10,13,17H,5-8,11-12,20H2,1-4H3,(H,21,23)/t17-/m1/s1. The number of carbonyl (C=O) groups is 1. The molecule has 1 fully saturated rings. The van der Waals surface area contributed by atoms with Crippen molar-refractivity contribution < 1.29 is 13.2 Å². The van der Waals surface area contributed by atoms with Crippen LogP contribution in [0.4, 0.5) is 5.69 Å². The van der Waals surface area contributed by atoms with Crippen LogP contribution in [0.25, 0.3) is 0 Å². The highest BCUT2D eigenvalue weighted by Gasteiger charge is 2.29. The summed E-state index contributed by atoms with van der Waals surface area (Å²) in [6.45, 7) is 8.54. The lowest BCUT2D eigenvalue weighted by Crippen LogP contribution is -2.45. The lowest BCUT2D eigenvalue weighted by atomic mass is 9.87. The first kappa shape index (κ1) is 20.9. The van der Waals surface area contributed by atoms with E-state index in [1.165, 1.54) is 0 Å². The Labute approximate surface area is 157 Å². The number of nitrogens with zero attached hydrogens (tertiary/aromatic N) is 1. The Morgan fingerprint density at radius 3 is 2.27 bits per heavy atom. The van der Waals surface area contributed by atoms with Gasteiger partial charge in [-0.15, -0.1) is 0 Å². The zero-order valence-electron chi connectivity index (χ0n) is 16.2. The summed E-state index contributed by atoms with van der Waals surface area (Å²) in [6, 6.07) is 4.30. The second-order valence-electron chi connectivity index (χ2n) is 8.13. The maximum Gasteiger partial charge on any atom is 0.243 e. The molecule has 1 saturated heterocycles. The Hall–Kier alpha value is -1.44.